The first-order valence-corrected chi connectivity index (χ1v) is 8.70. The van der Waals surface area contributed by atoms with Crippen LogP contribution in [0.15, 0.2) is 48.7 Å². The molecule has 0 amide bonds. The van der Waals surface area contributed by atoms with Gasteiger partial charge < -0.3 is 5.32 Å². The normalized spacial score (nSPS) is 11.5. The summed E-state index contributed by atoms with van der Waals surface area (Å²) in [5.74, 6) is 0.220. The van der Waals surface area contributed by atoms with Gasteiger partial charge in [-0.1, -0.05) is 23.7 Å². The monoisotopic (exact) mass is 379 g/mol. The van der Waals surface area contributed by atoms with E-state index in [1.807, 2.05) is 42.5 Å². The number of para-hydroxylation sites is 1. The van der Waals surface area contributed by atoms with E-state index in [0.717, 1.165) is 26.5 Å². The molecular weight excluding hydrogens is 370 g/mol. The van der Waals surface area contributed by atoms with Crippen LogP contribution in [0, 0.1) is 11.3 Å². The Morgan fingerprint density at radius 2 is 2.15 bits per heavy atom. The van der Waals surface area contributed by atoms with E-state index in [0.29, 0.717) is 5.02 Å². The predicted molar refractivity (Wildman–Crippen MR) is 101 cm³/mol. The van der Waals surface area contributed by atoms with E-state index in [4.69, 9.17) is 11.6 Å². The second kappa shape index (κ2) is 6.92. The van der Waals surface area contributed by atoms with Crippen molar-refractivity contribution in [3.8, 4) is 16.6 Å². The van der Waals surface area contributed by atoms with Crippen LogP contribution in [0.4, 0.5) is 5.69 Å². The van der Waals surface area contributed by atoms with Crippen LogP contribution in [0.25, 0.3) is 26.4 Å². The Kier molecular flexibility index (Phi) is 4.31. The van der Waals surface area contributed by atoms with Gasteiger partial charge >= 0.3 is 0 Å². The van der Waals surface area contributed by atoms with E-state index in [1.54, 1.807) is 17.4 Å². The molecule has 4 rings (SSSR count). The molecule has 4 aromatic rings. The molecule has 0 aliphatic carbocycles. The number of hydrogen-bond donors (Lipinski definition) is 2. The molecule has 2 heterocycles. The van der Waals surface area contributed by atoms with Gasteiger partial charge in [-0.05, 0) is 35.5 Å². The summed E-state index contributed by atoms with van der Waals surface area (Å²) >= 11 is 8.03. The van der Waals surface area contributed by atoms with Gasteiger partial charge in [-0.3, -0.25) is 0 Å². The number of allylic oxidation sites excluding steroid dienone is 1. The zero-order valence-corrected chi connectivity index (χ0v) is 14.7. The molecular formula is C17H10ClN7S. The van der Waals surface area contributed by atoms with Gasteiger partial charge in [0.1, 0.15) is 16.6 Å². The van der Waals surface area contributed by atoms with Gasteiger partial charge in [-0.25, -0.2) is 4.98 Å². The van der Waals surface area contributed by atoms with E-state index in [2.05, 4.69) is 30.9 Å². The number of nitriles is 1. The summed E-state index contributed by atoms with van der Waals surface area (Å²) in [6.45, 7) is 0. The van der Waals surface area contributed by atoms with Crippen LogP contribution in [0.2, 0.25) is 5.02 Å². The Morgan fingerprint density at radius 1 is 1.27 bits per heavy atom. The van der Waals surface area contributed by atoms with E-state index in [9.17, 15) is 5.26 Å². The maximum Gasteiger partial charge on any atom is 0.216 e. The summed E-state index contributed by atoms with van der Waals surface area (Å²) < 4.78 is 1.11. The number of aromatic nitrogens is 5. The number of tetrazole rings is 1. The molecule has 26 heavy (non-hydrogen) atoms. The number of hydrogen-bond acceptors (Lipinski definition) is 7. The lowest BCUT2D eigenvalue weighted by Gasteiger charge is -2.05. The fraction of sp³-hybridized carbons (Fsp3) is 0. The Bertz CT molecular complexity index is 1110. The summed E-state index contributed by atoms with van der Waals surface area (Å²) in [7, 11) is 0. The minimum Gasteiger partial charge on any atom is -0.360 e. The Labute approximate surface area is 157 Å². The standard InChI is InChI=1S/C17H10ClN7S/c18-13-7-11(20-9-10(8-19)16-22-24-25-23-16)5-6-12(13)17-21-14-3-1-2-4-15(14)26-17/h1-7,9,20H,(H,22,23,24,25). The Balaban J connectivity index is 1.61. The molecule has 0 radical (unpaired) electrons. The third-order valence-corrected chi connectivity index (χ3v) is 4.97. The number of H-pyrrole nitrogens is 1. The number of aromatic amines is 1. The highest BCUT2D eigenvalue weighted by atomic mass is 35.5. The number of halogens is 1. The molecule has 2 aromatic carbocycles. The van der Waals surface area contributed by atoms with E-state index in [-0.39, 0.29) is 11.4 Å². The molecule has 0 aliphatic heterocycles. The average Bonchev–Trinajstić information content (AvgIpc) is 3.32. The Hall–Kier alpha value is -3.28. The summed E-state index contributed by atoms with van der Waals surface area (Å²) in [5.41, 5.74) is 2.80. The van der Waals surface area contributed by atoms with Crippen molar-refractivity contribution in [3.63, 3.8) is 0 Å². The van der Waals surface area contributed by atoms with E-state index in [1.165, 1.54) is 6.20 Å². The number of benzene rings is 2. The van der Waals surface area contributed by atoms with Crippen molar-refractivity contribution in [1.29, 1.82) is 5.26 Å². The number of nitrogens with one attached hydrogen (secondary N) is 2. The second-order valence-electron chi connectivity index (χ2n) is 5.23. The molecule has 126 valence electrons. The zero-order valence-electron chi connectivity index (χ0n) is 13.1. The summed E-state index contributed by atoms with van der Waals surface area (Å²) in [5, 5.41) is 26.9. The summed E-state index contributed by atoms with van der Waals surface area (Å²) in [4.78, 5) is 4.63. The number of thiazole rings is 1. The van der Waals surface area contributed by atoms with Crippen LogP contribution in [-0.4, -0.2) is 25.6 Å². The first-order valence-electron chi connectivity index (χ1n) is 7.51. The minimum atomic E-state index is 0.220. The van der Waals surface area contributed by atoms with Crippen molar-refractivity contribution in [2.24, 2.45) is 0 Å². The van der Waals surface area contributed by atoms with Gasteiger partial charge in [-0.15, -0.1) is 21.5 Å². The number of anilines is 1. The minimum absolute atomic E-state index is 0.220. The van der Waals surface area contributed by atoms with Crippen molar-refractivity contribution in [2.75, 3.05) is 5.32 Å². The highest BCUT2D eigenvalue weighted by Gasteiger charge is 2.10. The number of fused-ring (bicyclic) bond motifs is 1. The SMILES string of the molecule is N#CC(=CNc1ccc(-c2nc3ccccc3s2)c(Cl)c1)c1nn[nH]n1. The maximum absolute atomic E-state index is 9.18. The summed E-state index contributed by atoms with van der Waals surface area (Å²) in [6.07, 6.45) is 1.51. The third-order valence-electron chi connectivity index (χ3n) is 3.58. The van der Waals surface area contributed by atoms with E-state index < -0.39 is 0 Å². The van der Waals surface area contributed by atoms with Crippen molar-refractivity contribution in [1.82, 2.24) is 25.6 Å². The van der Waals surface area contributed by atoms with Crippen LogP contribution >= 0.6 is 22.9 Å². The highest BCUT2D eigenvalue weighted by Crippen LogP contribution is 2.35. The third kappa shape index (κ3) is 3.13. The molecule has 0 saturated carbocycles. The smallest absolute Gasteiger partial charge is 0.216 e. The van der Waals surface area contributed by atoms with Crippen LogP contribution in [0.3, 0.4) is 0 Å². The quantitative estimate of drug-likeness (QED) is 0.517. The molecule has 0 spiro atoms. The molecule has 0 aliphatic rings. The van der Waals surface area contributed by atoms with Gasteiger partial charge in [0.15, 0.2) is 0 Å². The molecule has 0 saturated heterocycles. The Morgan fingerprint density at radius 3 is 2.88 bits per heavy atom. The molecule has 9 heteroatoms. The predicted octanol–water partition coefficient (Wildman–Crippen LogP) is 4.11. The van der Waals surface area contributed by atoms with Crippen molar-refractivity contribution >= 4 is 44.4 Å². The molecule has 0 atom stereocenters. The lowest BCUT2D eigenvalue weighted by Crippen LogP contribution is -1.93. The van der Waals surface area contributed by atoms with Crippen molar-refractivity contribution < 1.29 is 0 Å². The fourth-order valence-corrected chi connectivity index (χ4v) is 3.68. The zero-order chi connectivity index (χ0) is 17.9. The maximum atomic E-state index is 9.18. The second-order valence-corrected chi connectivity index (χ2v) is 6.67. The molecule has 7 nitrogen and oxygen atoms in total. The van der Waals surface area contributed by atoms with Crippen LogP contribution in [0.5, 0.6) is 0 Å². The number of nitrogens with zero attached hydrogens (tertiary/aromatic N) is 5. The highest BCUT2D eigenvalue weighted by molar-refractivity contribution is 7.21. The van der Waals surface area contributed by atoms with Gasteiger partial charge in [0.2, 0.25) is 5.82 Å². The first kappa shape index (κ1) is 16.2. The first-order chi connectivity index (χ1) is 12.7. The molecule has 2 N–H and O–H groups in total. The van der Waals surface area contributed by atoms with Gasteiger partial charge in [0.05, 0.1) is 15.2 Å². The van der Waals surface area contributed by atoms with Crippen LogP contribution < -0.4 is 5.32 Å². The van der Waals surface area contributed by atoms with Gasteiger partial charge in [0, 0.05) is 17.5 Å². The fourth-order valence-electron chi connectivity index (χ4n) is 2.34. The summed E-state index contributed by atoms with van der Waals surface area (Å²) in [6, 6.07) is 15.5. The van der Waals surface area contributed by atoms with Gasteiger partial charge in [0.25, 0.3) is 0 Å². The van der Waals surface area contributed by atoms with E-state index >= 15 is 0 Å². The topological polar surface area (TPSA) is 103 Å². The molecule has 0 fully saturated rings. The lowest BCUT2D eigenvalue weighted by atomic mass is 10.2. The molecule has 0 unspecified atom stereocenters. The van der Waals surface area contributed by atoms with Crippen LogP contribution in [0.1, 0.15) is 5.82 Å². The lowest BCUT2D eigenvalue weighted by molar-refractivity contribution is 0.881. The van der Waals surface area contributed by atoms with Gasteiger partial charge in [-0.2, -0.15) is 10.5 Å². The molecule has 0 bridgehead atoms. The molecule has 2 aromatic heterocycles. The largest absolute Gasteiger partial charge is 0.360 e. The average molecular weight is 380 g/mol. The number of rotatable bonds is 4. The van der Waals surface area contributed by atoms with Crippen molar-refractivity contribution in [2.45, 2.75) is 0 Å². The van der Waals surface area contributed by atoms with Crippen molar-refractivity contribution in [3.05, 3.63) is 59.5 Å². The van der Waals surface area contributed by atoms with Crippen LogP contribution in [-0.2, 0) is 0 Å².